The number of methoxy groups -OCH3 is 1. The van der Waals surface area contributed by atoms with Crippen LogP contribution in [0.2, 0.25) is 0 Å². The van der Waals surface area contributed by atoms with Crippen molar-refractivity contribution in [2.45, 2.75) is 32.6 Å². The van der Waals surface area contributed by atoms with E-state index in [4.69, 9.17) is 17.0 Å². The van der Waals surface area contributed by atoms with Crippen LogP contribution in [0.15, 0.2) is 46.9 Å². The predicted molar refractivity (Wildman–Crippen MR) is 125 cm³/mol. The molecule has 1 amide bonds. The van der Waals surface area contributed by atoms with Gasteiger partial charge in [0.15, 0.2) is 5.11 Å². The molecule has 0 atom stereocenters. The van der Waals surface area contributed by atoms with Crippen LogP contribution in [0.1, 0.15) is 53.3 Å². The van der Waals surface area contributed by atoms with Gasteiger partial charge in [0.1, 0.15) is 5.75 Å². The number of amides is 1. The first kappa shape index (κ1) is 23.8. The topological polar surface area (TPSA) is 76.7 Å². The first-order chi connectivity index (χ1) is 14.4. The van der Waals surface area contributed by atoms with Crippen molar-refractivity contribution in [3.05, 3.63) is 58.1 Å². The number of hydrogen-bond donors (Lipinski definition) is 2. The van der Waals surface area contributed by atoms with Crippen molar-refractivity contribution >= 4 is 50.8 Å². The third-order valence-corrected chi connectivity index (χ3v) is 4.93. The van der Waals surface area contributed by atoms with Gasteiger partial charge in [-0.3, -0.25) is 10.1 Å². The van der Waals surface area contributed by atoms with Crippen molar-refractivity contribution in [2.24, 2.45) is 0 Å². The average molecular weight is 493 g/mol. The Labute approximate surface area is 190 Å². The molecule has 2 N–H and O–H groups in total. The van der Waals surface area contributed by atoms with Gasteiger partial charge in [-0.1, -0.05) is 42.1 Å². The second kappa shape index (κ2) is 12.3. The van der Waals surface area contributed by atoms with Crippen LogP contribution >= 0.6 is 28.1 Å². The fourth-order valence-electron chi connectivity index (χ4n) is 2.66. The molecule has 0 aliphatic rings. The third-order valence-electron chi connectivity index (χ3n) is 4.23. The highest BCUT2D eigenvalue weighted by molar-refractivity contribution is 9.10. The largest absolute Gasteiger partial charge is 0.493 e. The molecule has 0 spiro atoms. The minimum absolute atomic E-state index is 0.139. The highest BCUT2D eigenvalue weighted by Gasteiger charge is 2.15. The molecule has 6 nitrogen and oxygen atoms in total. The van der Waals surface area contributed by atoms with E-state index in [-0.39, 0.29) is 11.0 Å². The van der Waals surface area contributed by atoms with Gasteiger partial charge in [-0.05, 0) is 61.1 Å². The van der Waals surface area contributed by atoms with Gasteiger partial charge in [0, 0.05) is 10.2 Å². The number of halogens is 1. The number of rotatable bonds is 9. The Bertz CT molecular complexity index is 887. The number of carbonyl (C=O) groups excluding carboxylic acids is 2. The molecule has 0 saturated carbocycles. The number of esters is 1. The summed E-state index contributed by atoms with van der Waals surface area (Å²) in [6, 6.07) is 11.9. The van der Waals surface area contributed by atoms with E-state index in [2.05, 4.69) is 38.2 Å². The second-order valence-electron chi connectivity index (χ2n) is 6.53. The summed E-state index contributed by atoms with van der Waals surface area (Å²) in [7, 11) is 1.32. The van der Waals surface area contributed by atoms with Crippen LogP contribution in [-0.2, 0) is 4.74 Å². The van der Waals surface area contributed by atoms with E-state index >= 15 is 0 Å². The van der Waals surface area contributed by atoms with Gasteiger partial charge in [-0.15, -0.1) is 0 Å². The summed E-state index contributed by atoms with van der Waals surface area (Å²) < 4.78 is 11.3. The molecule has 0 aliphatic heterocycles. The molecular formula is C22H25BrN2O4S. The van der Waals surface area contributed by atoms with Crippen molar-refractivity contribution in [3.63, 3.8) is 0 Å². The van der Waals surface area contributed by atoms with Crippen LogP contribution in [-0.4, -0.2) is 30.7 Å². The number of ether oxygens (including phenoxy) is 2. The standard InChI is InChI=1S/C22H25BrN2O4S/c1-3-4-5-6-13-29-19-12-9-16(23)14-18(19)20(26)25-22(30)24-17-10-7-15(8-11-17)21(27)28-2/h7-12,14H,3-6,13H2,1-2H3,(H2,24,25,26,30). The van der Waals surface area contributed by atoms with Crippen molar-refractivity contribution in [3.8, 4) is 5.75 Å². The summed E-state index contributed by atoms with van der Waals surface area (Å²) in [5.74, 6) is -0.282. The van der Waals surface area contributed by atoms with Gasteiger partial charge in [0.25, 0.3) is 5.91 Å². The van der Waals surface area contributed by atoms with E-state index in [1.54, 1.807) is 36.4 Å². The maximum Gasteiger partial charge on any atom is 0.337 e. The zero-order valence-corrected chi connectivity index (χ0v) is 19.4. The maximum atomic E-state index is 12.7. The highest BCUT2D eigenvalue weighted by atomic mass is 79.9. The van der Waals surface area contributed by atoms with Crippen LogP contribution < -0.4 is 15.4 Å². The van der Waals surface area contributed by atoms with E-state index in [9.17, 15) is 9.59 Å². The van der Waals surface area contributed by atoms with Crippen molar-refractivity contribution in [1.29, 1.82) is 0 Å². The second-order valence-corrected chi connectivity index (χ2v) is 7.85. The molecular weight excluding hydrogens is 468 g/mol. The fourth-order valence-corrected chi connectivity index (χ4v) is 3.23. The maximum absolute atomic E-state index is 12.7. The van der Waals surface area contributed by atoms with Crippen molar-refractivity contribution in [2.75, 3.05) is 19.0 Å². The normalized spacial score (nSPS) is 10.2. The highest BCUT2D eigenvalue weighted by Crippen LogP contribution is 2.24. The van der Waals surface area contributed by atoms with E-state index in [0.717, 1.165) is 30.2 Å². The molecule has 0 fully saturated rings. The summed E-state index contributed by atoms with van der Waals surface area (Å²) in [5.41, 5.74) is 1.45. The first-order valence-corrected chi connectivity index (χ1v) is 10.9. The molecule has 0 unspecified atom stereocenters. The Morgan fingerprint density at radius 3 is 2.47 bits per heavy atom. The molecule has 8 heteroatoms. The average Bonchev–Trinajstić information content (AvgIpc) is 2.74. The molecule has 0 bridgehead atoms. The van der Waals surface area contributed by atoms with Crippen molar-refractivity contribution < 1.29 is 19.1 Å². The monoisotopic (exact) mass is 492 g/mol. The van der Waals surface area contributed by atoms with Crippen LogP contribution in [0, 0.1) is 0 Å². The zero-order valence-electron chi connectivity index (χ0n) is 17.0. The van der Waals surface area contributed by atoms with E-state index in [0.29, 0.717) is 29.2 Å². The first-order valence-electron chi connectivity index (χ1n) is 9.67. The molecule has 2 aromatic rings. The lowest BCUT2D eigenvalue weighted by Crippen LogP contribution is -2.34. The molecule has 0 aromatic heterocycles. The van der Waals surface area contributed by atoms with Crippen LogP contribution in [0.5, 0.6) is 5.75 Å². The van der Waals surface area contributed by atoms with Crippen LogP contribution in [0.3, 0.4) is 0 Å². The van der Waals surface area contributed by atoms with E-state index < -0.39 is 5.97 Å². The number of thiocarbonyl (C=S) groups is 1. The van der Waals surface area contributed by atoms with Gasteiger partial charge >= 0.3 is 5.97 Å². The smallest absolute Gasteiger partial charge is 0.337 e. The Balaban J connectivity index is 1.98. The molecule has 0 heterocycles. The Morgan fingerprint density at radius 2 is 1.80 bits per heavy atom. The molecule has 0 saturated heterocycles. The predicted octanol–water partition coefficient (Wildman–Crippen LogP) is 5.32. The number of unbranched alkanes of at least 4 members (excludes halogenated alkanes) is 3. The molecule has 0 aliphatic carbocycles. The SMILES string of the molecule is CCCCCCOc1ccc(Br)cc1C(=O)NC(=S)Nc1ccc(C(=O)OC)cc1. The third kappa shape index (κ3) is 7.42. The number of benzene rings is 2. The minimum atomic E-state index is -0.422. The molecule has 0 radical (unpaired) electrons. The van der Waals surface area contributed by atoms with Gasteiger partial charge in [-0.25, -0.2) is 4.79 Å². The van der Waals surface area contributed by atoms with E-state index in [1.165, 1.54) is 7.11 Å². The minimum Gasteiger partial charge on any atom is -0.493 e. The Hall–Kier alpha value is -2.45. The molecule has 2 aromatic carbocycles. The lowest BCUT2D eigenvalue weighted by molar-refractivity contribution is 0.0600. The molecule has 2 rings (SSSR count). The van der Waals surface area contributed by atoms with Crippen LogP contribution in [0.4, 0.5) is 5.69 Å². The van der Waals surface area contributed by atoms with Gasteiger partial charge in [0.2, 0.25) is 0 Å². The lowest BCUT2D eigenvalue weighted by Gasteiger charge is -2.14. The number of carbonyl (C=O) groups is 2. The number of anilines is 1. The van der Waals surface area contributed by atoms with Crippen molar-refractivity contribution in [1.82, 2.24) is 5.32 Å². The lowest BCUT2D eigenvalue weighted by atomic mass is 10.2. The van der Waals surface area contributed by atoms with E-state index in [1.807, 2.05) is 6.07 Å². The molecule has 30 heavy (non-hydrogen) atoms. The number of nitrogens with one attached hydrogen (secondary N) is 2. The summed E-state index contributed by atoms with van der Waals surface area (Å²) >= 11 is 8.63. The number of hydrogen-bond acceptors (Lipinski definition) is 5. The summed E-state index contributed by atoms with van der Waals surface area (Å²) in [5, 5.41) is 5.72. The van der Waals surface area contributed by atoms with Gasteiger partial charge in [0.05, 0.1) is 24.8 Å². The summed E-state index contributed by atoms with van der Waals surface area (Å²) in [6.45, 7) is 2.71. The summed E-state index contributed by atoms with van der Waals surface area (Å²) in [6.07, 6.45) is 4.35. The van der Waals surface area contributed by atoms with Crippen LogP contribution in [0.25, 0.3) is 0 Å². The summed E-state index contributed by atoms with van der Waals surface area (Å²) in [4.78, 5) is 24.2. The Kier molecular flexibility index (Phi) is 9.76. The molecule has 160 valence electrons. The Morgan fingerprint density at radius 1 is 1.07 bits per heavy atom. The van der Waals surface area contributed by atoms with Gasteiger partial charge in [-0.2, -0.15) is 0 Å². The fraction of sp³-hybridized carbons (Fsp3) is 0.318. The van der Waals surface area contributed by atoms with Gasteiger partial charge < -0.3 is 14.8 Å². The zero-order chi connectivity index (χ0) is 21.9. The quantitative estimate of drug-likeness (QED) is 0.280.